The van der Waals surface area contributed by atoms with Gasteiger partial charge in [0, 0.05) is 36.3 Å². The molecule has 0 aliphatic carbocycles. The third-order valence-electron chi connectivity index (χ3n) is 6.80. The van der Waals surface area contributed by atoms with Crippen LogP contribution in [0.5, 0.6) is 5.88 Å². The highest BCUT2D eigenvalue weighted by atomic mass is 16.6. The fraction of sp³-hybridized carbons (Fsp3) is 0.323. The molecule has 1 atom stereocenters. The molecule has 2 aromatic heterocycles. The molecule has 4 aromatic rings. The summed E-state index contributed by atoms with van der Waals surface area (Å²) in [6, 6.07) is 17.0. The van der Waals surface area contributed by atoms with E-state index < -0.39 is 11.6 Å². The second-order valence-corrected chi connectivity index (χ2v) is 11.2. The highest BCUT2D eigenvalue weighted by Gasteiger charge is 2.31. The number of carboxylic acid groups (broad SMARTS) is 1. The summed E-state index contributed by atoms with van der Waals surface area (Å²) in [6.45, 7) is 8.78. The Morgan fingerprint density at radius 3 is 2.39 bits per heavy atom. The summed E-state index contributed by atoms with van der Waals surface area (Å²) in [5, 5.41) is 19.1. The van der Waals surface area contributed by atoms with Gasteiger partial charge in [0.25, 0.3) is 5.88 Å². The van der Waals surface area contributed by atoms with Crippen molar-refractivity contribution in [2.75, 3.05) is 19.7 Å². The standard InChI is InChI=1S/C31H31N5O5/c1-19-5-9-23(10-6-19)26-25(22-11-7-20(15-32)8-12-22)34-28(27-33-24(29(37)38)17-36(26)27)40-18-21-13-14-35(16-21)30(39)41-31(2,3)4/h5-12,17,21H,13-14,16,18H2,1-4H3,(H,37,38)/t21-/m1/s1. The third-order valence-corrected chi connectivity index (χ3v) is 6.80. The van der Waals surface area contributed by atoms with Crippen molar-refractivity contribution in [3.63, 3.8) is 0 Å². The van der Waals surface area contributed by atoms with Gasteiger partial charge in [0.15, 0.2) is 5.69 Å². The number of aromatic nitrogens is 3. The molecule has 1 aliphatic heterocycles. The summed E-state index contributed by atoms with van der Waals surface area (Å²) in [4.78, 5) is 35.4. The summed E-state index contributed by atoms with van der Waals surface area (Å²) in [5.74, 6) is -0.949. The lowest BCUT2D eigenvalue weighted by atomic mass is 10.0. The molecule has 0 saturated carbocycles. The number of hydrogen-bond acceptors (Lipinski definition) is 7. The van der Waals surface area contributed by atoms with Gasteiger partial charge in [-0.15, -0.1) is 0 Å². The van der Waals surface area contributed by atoms with Crippen LogP contribution in [0.25, 0.3) is 28.2 Å². The molecule has 1 amide bonds. The van der Waals surface area contributed by atoms with Crippen molar-refractivity contribution < 1.29 is 24.2 Å². The van der Waals surface area contributed by atoms with Crippen molar-refractivity contribution >= 4 is 17.7 Å². The van der Waals surface area contributed by atoms with E-state index in [1.54, 1.807) is 33.6 Å². The number of carbonyl (C=O) groups excluding carboxylic acids is 1. The molecular formula is C31H31N5O5. The first-order valence-electron chi connectivity index (χ1n) is 13.4. The normalized spacial score (nSPS) is 15.1. The van der Waals surface area contributed by atoms with Gasteiger partial charge < -0.3 is 19.5 Å². The van der Waals surface area contributed by atoms with E-state index in [9.17, 15) is 20.0 Å². The van der Waals surface area contributed by atoms with Crippen LogP contribution in [0.4, 0.5) is 4.79 Å². The van der Waals surface area contributed by atoms with Crippen molar-refractivity contribution in [2.24, 2.45) is 5.92 Å². The maximum absolute atomic E-state index is 12.5. The summed E-state index contributed by atoms with van der Waals surface area (Å²) in [7, 11) is 0. The lowest BCUT2D eigenvalue weighted by molar-refractivity contribution is 0.0284. The minimum absolute atomic E-state index is 0.0356. The van der Waals surface area contributed by atoms with Crippen LogP contribution in [-0.2, 0) is 4.74 Å². The van der Waals surface area contributed by atoms with Crippen molar-refractivity contribution in [3.05, 3.63) is 71.5 Å². The van der Waals surface area contributed by atoms with Gasteiger partial charge in [0.1, 0.15) is 5.60 Å². The number of nitrogens with zero attached hydrogens (tertiary/aromatic N) is 5. The van der Waals surface area contributed by atoms with E-state index in [1.807, 2.05) is 52.0 Å². The van der Waals surface area contributed by atoms with E-state index in [-0.39, 0.29) is 35.8 Å². The van der Waals surface area contributed by atoms with E-state index >= 15 is 0 Å². The van der Waals surface area contributed by atoms with E-state index in [4.69, 9.17) is 14.5 Å². The zero-order valence-electron chi connectivity index (χ0n) is 23.4. The van der Waals surface area contributed by atoms with Crippen LogP contribution in [0, 0.1) is 24.2 Å². The fourth-order valence-electron chi connectivity index (χ4n) is 4.77. The van der Waals surface area contributed by atoms with Crippen LogP contribution in [0.1, 0.15) is 48.8 Å². The summed E-state index contributed by atoms with van der Waals surface area (Å²) >= 11 is 0. The van der Waals surface area contributed by atoms with Gasteiger partial charge in [-0.2, -0.15) is 5.26 Å². The Balaban J connectivity index is 1.55. The number of imidazole rings is 1. The number of aromatic carboxylic acids is 1. The Bertz CT molecular complexity index is 1650. The predicted molar refractivity (Wildman–Crippen MR) is 152 cm³/mol. The largest absolute Gasteiger partial charge is 0.476 e. The van der Waals surface area contributed by atoms with Crippen molar-refractivity contribution in [1.29, 1.82) is 5.26 Å². The van der Waals surface area contributed by atoms with Gasteiger partial charge in [-0.05, 0) is 46.2 Å². The van der Waals surface area contributed by atoms with Crippen molar-refractivity contribution in [3.8, 4) is 34.5 Å². The van der Waals surface area contributed by atoms with Crippen LogP contribution in [-0.4, -0.2) is 61.7 Å². The van der Waals surface area contributed by atoms with Gasteiger partial charge in [-0.25, -0.2) is 19.6 Å². The Hall–Kier alpha value is -4.91. The molecule has 0 unspecified atom stereocenters. The maximum Gasteiger partial charge on any atom is 0.410 e. The minimum atomic E-state index is -1.17. The number of likely N-dealkylation sites (tertiary alicyclic amines) is 1. The molecule has 10 heteroatoms. The molecule has 41 heavy (non-hydrogen) atoms. The Morgan fingerprint density at radius 1 is 1.07 bits per heavy atom. The highest BCUT2D eigenvalue weighted by molar-refractivity contribution is 5.88. The average Bonchev–Trinajstić information content (AvgIpc) is 3.59. The number of nitriles is 1. The fourth-order valence-corrected chi connectivity index (χ4v) is 4.77. The van der Waals surface area contributed by atoms with Gasteiger partial charge >= 0.3 is 12.1 Å². The SMILES string of the molecule is Cc1ccc(-c2c(-c3ccc(C#N)cc3)nc(OC[C@@H]3CCN(C(=O)OC(C)(C)C)C3)c3nc(C(=O)O)cn23)cc1. The first-order chi connectivity index (χ1) is 19.5. The van der Waals surface area contributed by atoms with Crippen LogP contribution >= 0.6 is 0 Å². The molecule has 0 radical (unpaired) electrons. The Labute approximate surface area is 237 Å². The van der Waals surface area contributed by atoms with E-state index in [0.717, 1.165) is 23.1 Å². The second-order valence-electron chi connectivity index (χ2n) is 11.2. The smallest absolute Gasteiger partial charge is 0.410 e. The number of amides is 1. The predicted octanol–water partition coefficient (Wildman–Crippen LogP) is 5.58. The average molecular weight is 554 g/mol. The Kier molecular flexibility index (Phi) is 7.37. The summed E-state index contributed by atoms with van der Waals surface area (Å²) in [5.41, 5.74) is 3.89. The third kappa shape index (κ3) is 5.99. The molecule has 3 heterocycles. The lowest BCUT2D eigenvalue weighted by Crippen LogP contribution is -2.35. The molecule has 1 aliphatic rings. The van der Waals surface area contributed by atoms with Crippen LogP contribution in [0.15, 0.2) is 54.7 Å². The van der Waals surface area contributed by atoms with E-state index in [2.05, 4.69) is 11.1 Å². The van der Waals surface area contributed by atoms with Crippen LogP contribution < -0.4 is 4.74 Å². The van der Waals surface area contributed by atoms with Crippen LogP contribution in [0.3, 0.4) is 0 Å². The molecule has 0 spiro atoms. The second kappa shape index (κ2) is 10.9. The number of carboxylic acids is 1. The number of rotatable bonds is 6. The summed E-state index contributed by atoms with van der Waals surface area (Å²) in [6.07, 6.45) is 1.84. The van der Waals surface area contributed by atoms with Crippen molar-refractivity contribution in [2.45, 2.75) is 39.7 Å². The molecule has 10 nitrogen and oxygen atoms in total. The molecule has 1 saturated heterocycles. The molecule has 1 fully saturated rings. The Morgan fingerprint density at radius 2 is 1.76 bits per heavy atom. The van der Waals surface area contributed by atoms with Gasteiger partial charge in [-0.1, -0.05) is 42.0 Å². The molecule has 0 bridgehead atoms. The first kappa shape index (κ1) is 27.6. The minimum Gasteiger partial charge on any atom is -0.476 e. The number of benzene rings is 2. The maximum atomic E-state index is 12.5. The number of hydrogen-bond donors (Lipinski definition) is 1. The molecule has 1 N–H and O–H groups in total. The van der Waals surface area contributed by atoms with E-state index in [0.29, 0.717) is 30.0 Å². The zero-order valence-corrected chi connectivity index (χ0v) is 23.4. The van der Waals surface area contributed by atoms with Crippen molar-refractivity contribution in [1.82, 2.24) is 19.3 Å². The number of fused-ring (bicyclic) bond motifs is 1. The van der Waals surface area contributed by atoms with Gasteiger partial charge in [-0.3, -0.25) is 4.40 Å². The van der Waals surface area contributed by atoms with Gasteiger partial charge in [0.05, 0.1) is 29.6 Å². The lowest BCUT2D eigenvalue weighted by Gasteiger charge is -2.24. The first-order valence-corrected chi connectivity index (χ1v) is 13.4. The topological polar surface area (TPSA) is 130 Å². The molecular weight excluding hydrogens is 522 g/mol. The summed E-state index contributed by atoms with van der Waals surface area (Å²) < 4.78 is 13.4. The van der Waals surface area contributed by atoms with Gasteiger partial charge in [0.2, 0.25) is 5.65 Å². The number of carbonyl (C=O) groups is 2. The quantitative estimate of drug-likeness (QED) is 0.328. The van der Waals surface area contributed by atoms with Crippen LogP contribution in [0.2, 0.25) is 0 Å². The molecule has 210 valence electrons. The number of ether oxygens (including phenoxy) is 2. The number of aryl methyl sites for hydroxylation is 1. The zero-order chi connectivity index (χ0) is 29.3. The molecule has 5 rings (SSSR count). The monoisotopic (exact) mass is 553 g/mol. The highest BCUT2D eigenvalue weighted by Crippen LogP contribution is 2.36. The van der Waals surface area contributed by atoms with E-state index in [1.165, 1.54) is 6.20 Å². The molecule has 2 aromatic carbocycles.